The van der Waals surface area contributed by atoms with Crippen molar-refractivity contribution in [2.24, 2.45) is 5.73 Å². The van der Waals surface area contributed by atoms with Gasteiger partial charge in [-0.3, -0.25) is 5.41 Å². The van der Waals surface area contributed by atoms with Gasteiger partial charge in [0.2, 0.25) is 0 Å². The minimum Gasteiger partial charge on any atom is -0.384 e. The molecular weight excluding hydrogens is 262 g/mol. The third-order valence-corrected chi connectivity index (χ3v) is 3.06. The lowest BCUT2D eigenvalue weighted by Crippen LogP contribution is -2.29. The van der Waals surface area contributed by atoms with E-state index in [0.29, 0.717) is 13.1 Å². The van der Waals surface area contributed by atoms with Gasteiger partial charge in [-0.2, -0.15) is 0 Å². The number of nitrogens with two attached hydrogens (primary N) is 1. The molecule has 4 nitrogen and oxygen atoms in total. The second-order valence-corrected chi connectivity index (χ2v) is 4.94. The SMILES string of the molecule is CCN(CCCN(C)C)c1c(F)cc(C(=N)N)cc1F. The first kappa shape index (κ1) is 16.4. The largest absolute Gasteiger partial charge is 0.384 e. The fourth-order valence-electron chi connectivity index (χ4n) is 2.03. The molecule has 112 valence electrons. The highest BCUT2D eigenvalue weighted by atomic mass is 19.1. The number of hydrogen-bond acceptors (Lipinski definition) is 3. The van der Waals surface area contributed by atoms with Crippen LogP contribution in [0.15, 0.2) is 12.1 Å². The molecule has 6 heteroatoms. The van der Waals surface area contributed by atoms with Crippen LogP contribution >= 0.6 is 0 Å². The molecule has 0 aliphatic heterocycles. The van der Waals surface area contributed by atoms with E-state index in [9.17, 15) is 8.78 Å². The number of nitrogens with one attached hydrogen (secondary N) is 1. The number of amidine groups is 1. The van der Waals surface area contributed by atoms with Crippen molar-refractivity contribution in [3.05, 3.63) is 29.3 Å². The number of benzene rings is 1. The highest BCUT2D eigenvalue weighted by Gasteiger charge is 2.17. The predicted molar refractivity (Wildman–Crippen MR) is 78.4 cm³/mol. The zero-order valence-corrected chi connectivity index (χ0v) is 12.2. The normalized spacial score (nSPS) is 10.9. The Kier molecular flexibility index (Phi) is 5.88. The molecule has 1 rings (SSSR count). The molecule has 0 amide bonds. The molecule has 0 heterocycles. The van der Waals surface area contributed by atoms with E-state index in [1.165, 1.54) is 0 Å². The number of halogens is 2. The van der Waals surface area contributed by atoms with Gasteiger partial charge in [0.05, 0.1) is 0 Å². The van der Waals surface area contributed by atoms with Gasteiger partial charge in [-0.15, -0.1) is 0 Å². The molecular formula is C14H22F2N4. The van der Waals surface area contributed by atoms with Gasteiger partial charge in [0, 0.05) is 18.7 Å². The summed E-state index contributed by atoms with van der Waals surface area (Å²) in [4.78, 5) is 3.69. The van der Waals surface area contributed by atoms with Gasteiger partial charge in [0.15, 0.2) is 0 Å². The smallest absolute Gasteiger partial charge is 0.150 e. The predicted octanol–water partition coefficient (Wildman–Crippen LogP) is 2.03. The van der Waals surface area contributed by atoms with Gasteiger partial charge < -0.3 is 15.5 Å². The van der Waals surface area contributed by atoms with E-state index >= 15 is 0 Å². The molecule has 0 radical (unpaired) electrons. The Balaban J connectivity index is 2.95. The number of rotatable bonds is 7. The summed E-state index contributed by atoms with van der Waals surface area (Å²) in [6.45, 7) is 3.79. The van der Waals surface area contributed by atoms with Crippen molar-refractivity contribution < 1.29 is 8.78 Å². The summed E-state index contributed by atoms with van der Waals surface area (Å²) in [6.07, 6.45) is 0.814. The van der Waals surface area contributed by atoms with Crippen LogP contribution in [0.4, 0.5) is 14.5 Å². The average molecular weight is 284 g/mol. The number of nitrogens with zero attached hydrogens (tertiary/aromatic N) is 2. The quantitative estimate of drug-likeness (QED) is 0.595. The van der Waals surface area contributed by atoms with Crippen molar-refractivity contribution in [3.8, 4) is 0 Å². The third kappa shape index (κ3) is 4.16. The monoisotopic (exact) mass is 284 g/mol. The second-order valence-electron chi connectivity index (χ2n) is 4.94. The van der Waals surface area contributed by atoms with Gasteiger partial charge in [0.1, 0.15) is 23.2 Å². The van der Waals surface area contributed by atoms with Crippen LogP contribution in [0.25, 0.3) is 0 Å². The fourth-order valence-corrected chi connectivity index (χ4v) is 2.03. The maximum atomic E-state index is 14.0. The van der Waals surface area contributed by atoms with E-state index in [4.69, 9.17) is 11.1 Å². The van der Waals surface area contributed by atoms with E-state index in [0.717, 1.165) is 25.1 Å². The minimum atomic E-state index is -0.679. The topological polar surface area (TPSA) is 56.4 Å². The molecule has 1 aromatic carbocycles. The van der Waals surface area contributed by atoms with Crippen LogP contribution in [0, 0.1) is 17.0 Å². The summed E-state index contributed by atoms with van der Waals surface area (Å²) in [5.74, 6) is -1.70. The van der Waals surface area contributed by atoms with Crippen LogP contribution in [-0.4, -0.2) is 44.5 Å². The summed E-state index contributed by atoms with van der Waals surface area (Å²) in [7, 11) is 3.91. The Hall–Kier alpha value is -1.69. The number of anilines is 1. The lowest BCUT2D eigenvalue weighted by Gasteiger charge is -2.25. The zero-order valence-electron chi connectivity index (χ0n) is 12.2. The maximum absolute atomic E-state index is 14.0. The Morgan fingerprint density at radius 1 is 1.20 bits per heavy atom. The van der Waals surface area contributed by atoms with Crippen molar-refractivity contribution >= 4 is 11.5 Å². The van der Waals surface area contributed by atoms with Crippen molar-refractivity contribution in [2.45, 2.75) is 13.3 Å². The molecule has 0 atom stereocenters. The average Bonchev–Trinajstić information content (AvgIpc) is 2.35. The first-order valence-electron chi connectivity index (χ1n) is 6.60. The zero-order chi connectivity index (χ0) is 15.3. The van der Waals surface area contributed by atoms with Crippen molar-refractivity contribution in [1.82, 2.24) is 4.90 Å². The van der Waals surface area contributed by atoms with Crippen molar-refractivity contribution in [1.29, 1.82) is 5.41 Å². The molecule has 0 bridgehead atoms. The maximum Gasteiger partial charge on any atom is 0.150 e. The Bertz CT molecular complexity index is 451. The lowest BCUT2D eigenvalue weighted by molar-refractivity contribution is 0.400. The molecule has 1 aromatic rings. The highest BCUT2D eigenvalue weighted by Crippen LogP contribution is 2.25. The third-order valence-electron chi connectivity index (χ3n) is 3.06. The van der Waals surface area contributed by atoms with E-state index in [1.54, 1.807) is 4.90 Å². The van der Waals surface area contributed by atoms with Gasteiger partial charge in [-0.25, -0.2) is 8.78 Å². The second kappa shape index (κ2) is 7.19. The fraction of sp³-hybridized carbons (Fsp3) is 0.500. The first-order valence-corrected chi connectivity index (χ1v) is 6.60. The van der Waals surface area contributed by atoms with Crippen LogP contribution in [-0.2, 0) is 0 Å². The van der Waals surface area contributed by atoms with Crippen LogP contribution < -0.4 is 10.6 Å². The lowest BCUT2D eigenvalue weighted by atomic mass is 10.1. The Morgan fingerprint density at radius 3 is 2.15 bits per heavy atom. The van der Waals surface area contributed by atoms with Gasteiger partial charge in [-0.1, -0.05) is 0 Å². The van der Waals surface area contributed by atoms with Crippen molar-refractivity contribution in [2.75, 3.05) is 38.6 Å². The Labute approximate surface area is 118 Å². The summed E-state index contributed by atoms with van der Waals surface area (Å²) in [6, 6.07) is 2.21. The highest BCUT2D eigenvalue weighted by molar-refractivity contribution is 5.95. The van der Waals surface area contributed by atoms with E-state index in [1.807, 2.05) is 25.9 Å². The molecule has 0 unspecified atom stereocenters. The van der Waals surface area contributed by atoms with Gasteiger partial charge in [-0.05, 0) is 46.1 Å². The van der Waals surface area contributed by atoms with Crippen molar-refractivity contribution in [3.63, 3.8) is 0 Å². The van der Waals surface area contributed by atoms with E-state index in [2.05, 4.69) is 0 Å². The molecule has 0 spiro atoms. The summed E-state index contributed by atoms with van der Waals surface area (Å²) >= 11 is 0. The molecule has 0 fully saturated rings. The van der Waals surface area contributed by atoms with E-state index in [-0.39, 0.29) is 17.1 Å². The van der Waals surface area contributed by atoms with Crippen LogP contribution in [0.3, 0.4) is 0 Å². The first-order chi connectivity index (χ1) is 9.36. The van der Waals surface area contributed by atoms with Gasteiger partial charge >= 0.3 is 0 Å². The summed E-state index contributed by atoms with van der Waals surface area (Å²) in [5, 5.41) is 7.23. The molecule has 0 aromatic heterocycles. The van der Waals surface area contributed by atoms with Crippen LogP contribution in [0.1, 0.15) is 18.9 Å². The van der Waals surface area contributed by atoms with Gasteiger partial charge in [0.25, 0.3) is 0 Å². The molecule has 0 aliphatic carbocycles. The summed E-state index contributed by atoms with van der Waals surface area (Å²) < 4.78 is 28.1. The molecule has 3 N–H and O–H groups in total. The standard InChI is InChI=1S/C14H22F2N4/c1-4-20(7-5-6-19(2)3)13-11(15)8-10(14(17)18)9-12(13)16/h8-9H,4-7H2,1-3H3,(H3,17,18). The number of hydrogen-bond donors (Lipinski definition) is 2. The molecule has 0 saturated carbocycles. The molecule has 0 aliphatic rings. The van der Waals surface area contributed by atoms with E-state index < -0.39 is 11.6 Å². The summed E-state index contributed by atoms with van der Waals surface area (Å²) in [5.41, 5.74) is 5.27. The van der Waals surface area contributed by atoms with Crippen LogP contribution in [0.2, 0.25) is 0 Å². The number of nitrogen functional groups attached to an aromatic ring is 1. The molecule has 0 saturated heterocycles. The molecule has 20 heavy (non-hydrogen) atoms. The Morgan fingerprint density at radius 2 is 1.75 bits per heavy atom. The minimum absolute atomic E-state index is 0.0451. The van der Waals surface area contributed by atoms with Crippen LogP contribution in [0.5, 0.6) is 0 Å².